The summed E-state index contributed by atoms with van der Waals surface area (Å²) in [5.74, 6) is -1.29. The number of amides is 1. The lowest BCUT2D eigenvalue weighted by atomic mass is 10.1. The van der Waals surface area contributed by atoms with Crippen molar-refractivity contribution < 1.29 is 56.2 Å². The van der Waals surface area contributed by atoms with Crippen LogP contribution in [-0.2, 0) is 36.4 Å². The van der Waals surface area contributed by atoms with Crippen LogP contribution >= 0.6 is 23.4 Å². The molecule has 20 nitrogen and oxygen atoms in total. The number of aliphatic hydroxyl groups excluding tert-OH is 1. The van der Waals surface area contributed by atoms with Gasteiger partial charge in [-0.2, -0.15) is 13.6 Å². The second-order valence-corrected chi connectivity index (χ2v) is 12.0. The summed E-state index contributed by atoms with van der Waals surface area (Å²) in [6, 6.07) is -1.38. The van der Waals surface area contributed by atoms with Gasteiger partial charge >= 0.3 is 23.4 Å². The number of fused-ring (bicyclic) bond motifs is 2. The van der Waals surface area contributed by atoms with Crippen molar-refractivity contribution in [3.05, 3.63) is 16.7 Å². The zero-order chi connectivity index (χ0) is 25.8. The fourth-order valence-electron chi connectivity index (χ4n) is 3.34. The van der Waals surface area contributed by atoms with Gasteiger partial charge in [0.25, 0.3) is 5.56 Å². The van der Waals surface area contributed by atoms with E-state index in [1.165, 1.54) is 0 Å². The van der Waals surface area contributed by atoms with Crippen LogP contribution in [0, 0.1) is 0 Å². The molecule has 4 rings (SSSR count). The Morgan fingerprint density at radius 2 is 1.86 bits per heavy atom. The van der Waals surface area contributed by atoms with Gasteiger partial charge in [0.05, 0.1) is 25.5 Å². The van der Waals surface area contributed by atoms with Crippen LogP contribution in [0.4, 0.5) is 5.95 Å². The maximum absolute atomic E-state index is 12.3. The second-order valence-electron chi connectivity index (χ2n) is 7.18. The van der Waals surface area contributed by atoms with Gasteiger partial charge in [-0.15, -0.1) is 0 Å². The molecule has 23 heteroatoms. The predicted molar refractivity (Wildman–Crippen MR) is 110 cm³/mol. The fourth-order valence-corrected chi connectivity index (χ4v) is 6.98. The monoisotopic (exact) mass is 561 g/mol. The zero-order valence-electron chi connectivity index (χ0n) is 17.0. The van der Waals surface area contributed by atoms with Gasteiger partial charge < -0.3 is 35.6 Å². The second kappa shape index (κ2) is 9.11. The largest absolute Gasteiger partial charge is 0.489 e. The number of nitrogens with zero attached hydrogens (tertiary/aromatic N) is 3. The standard InChI is InChI=1S/C12H18N7O13P3/c13-12-17-9-7(10(22)18-12)14-3-19(9)11-8(21)6-4(30-11)2-29-34(25,26)32-35(27,28)31-33(23,24)15-1-5(20)16-6/h3-4,6,8,11,21H,1-2H2,(H,16,20)(H,25,26)(H,27,28)(H2,15,23,24)(H3,13,17,18,22)/t4-,6-,8-,11-/m1/s1. The van der Waals surface area contributed by atoms with E-state index in [2.05, 4.69) is 33.4 Å². The molecule has 2 saturated heterocycles. The summed E-state index contributed by atoms with van der Waals surface area (Å²) in [6.45, 7) is -1.87. The minimum Gasteiger partial charge on any atom is -0.386 e. The van der Waals surface area contributed by atoms with Crippen molar-refractivity contribution in [3.63, 3.8) is 0 Å². The van der Waals surface area contributed by atoms with E-state index in [-0.39, 0.29) is 17.1 Å². The molecular formula is C12H18N7O13P3. The lowest BCUT2D eigenvalue weighted by molar-refractivity contribution is -0.121. The van der Waals surface area contributed by atoms with Crippen molar-refractivity contribution in [2.75, 3.05) is 18.9 Å². The molecule has 0 aliphatic carbocycles. The third-order valence-corrected chi connectivity index (χ3v) is 9.08. The van der Waals surface area contributed by atoms with E-state index in [1.54, 1.807) is 5.09 Å². The van der Waals surface area contributed by atoms with Crippen molar-refractivity contribution in [2.45, 2.75) is 24.5 Å². The molecule has 35 heavy (non-hydrogen) atoms. The van der Waals surface area contributed by atoms with Gasteiger partial charge in [-0.3, -0.25) is 23.7 Å². The van der Waals surface area contributed by atoms with Gasteiger partial charge in [0, 0.05) is 0 Å². The molecular weight excluding hydrogens is 543 g/mol. The maximum atomic E-state index is 12.3. The highest BCUT2D eigenvalue weighted by molar-refractivity contribution is 7.67. The molecule has 2 aromatic heterocycles. The van der Waals surface area contributed by atoms with Gasteiger partial charge in [0.2, 0.25) is 11.9 Å². The third kappa shape index (κ3) is 5.69. The molecule has 0 aromatic carbocycles. The SMILES string of the molecule is Nc1nc2c(ncn2[C@@H]2O[C@@H]3COP(=O)(O)OP(=O)(O)OP(=O)(O)NCC(=O)N[C@H]3[C@H]2O)c(=O)[nH]1. The number of phosphoric ester groups is 1. The van der Waals surface area contributed by atoms with Crippen molar-refractivity contribution in [3.8, 4) is 0 Å². The number of nitrogen functional groups attached to an aromatic ring is 1. The average Bonchev–Trinajstić information content (AvgIpc) is 3.24. The number of H-pyrrole nitrogens is 1. The highest BCUT2D eigenvalue weighted by Crippen LogP contribution is 2.66. The Hall–Kier alpha value is -2.05. The number of phosphoric acid groups is 2. The molecule has 9 N–H and O–H groups in total. The normalized spacial score (nSPS) is 39.3. The van der Waals surface area contributed by atoms with Crippen molar-refractivity contribution >= 4 is 46.4 Å². The summed E-state index contributed by atoms with van der Waals surface area (Å²) in [4.78, 5) is 63.2. The number of nitrogens with one attached hydrogen (secondary N) is 3. The highest BCUT2D eigenvalue weighted by Gasteiger charge is 2.49. The van der Waals surface area contributed by atoms with Gasteiger partial charge in [-0.05, 0) is 0 Å². The number of nitrogens with two attached hydrogens (primary N) is 1. The van der Waals surface area contributed by atoms with E-state index < -0.39 is 72.5 Å². The Morgan fingerprint density at radius 1 is 1.14 bits per heavy atom. The number of carbonyl (C=O) groups excluding carboxylic acids is 1. The Bertz CT molecular complexity index is 1360. The lowest BCUT2D eigenvalue weighted by Crippen LogP contribution is -2.50. The first-order chi connectivity index (χ1) is 16.2. The molecule has 0 radical (unpaired) electrons. The zero-order valence-corrected chi connectivity index (χ0v) is 19.7. The Labute approximate surface area is 193 Å². The van der Waals surface area contributed by atoms with E-state index in [0.717, 1.165) is 10.9 Å². The van der Waals surface area contributed by atoms with Crippen LogP contribution in [-0.4, -0.2) is 76.6 Å². The molecule has 3 unspecified atom stereocenters. The molecule has 2 aliphatic rings. The quantitative estimate of drug-likeness (QED) is 0.165. The molecule has 7 atom stereocenters. The Kier molecular flexibility index (Phi) is 6.78. The van der Waals surface area contributed by atoms with E-state index in [1.807, 2.05) is 0 Å². The number of hydrogen-bond acceptors (Lipinski definition) is 13. The van der Waals surface area contributed by atoms with Crippen molar-refractivity contribution in [1.29, 1.82) is 0 Å². The van der Waals surface area contributed by atoms with Crippen LogP contribution in [0.2, 0.25) is 0 Å². The summed E-state index contributed by atoms with van der Waals surface area (Å²) in [7, 11) is -16.3. The van der Waals surface area contributed by atoms with Crippen LogP contribution in [0.5, 0.6) is 0 Å². The summed E-state index contributed by atoms with van der Waals surface area (Å²) >= 11 is 0. The van der Waals surface area contributed by atoms with Crippen LogP contribution < -0.4 is 21.7 Å². The Balaban J connectivity index is 1.67. The van der Waals surface area contributed by atoms with E-state index >= 15 is 0 Å². The van der Waals surface area contributed by atoms with Crippen LogP contribution in [0.1, 0.15) is 6.23 Å². The summed E-state index contributed by atoms with van der Waals surface area (Å²) in [5.41, 5.74) is 4.60. The van der Waals surface area contributed by atoms with Crippen LogP contribution in [0.25, 0.3) is 11.2 Å². The molecule has 1 amide bonds. The van der Waals surface area contributed by atoms with Gasteiger partial charge in [0.15, 0.2) is 17.4 Å². The maximum Gasteiger partial charge on any atom is 0.489 e. The van der Waals surface area contributed by atoms with Crippen molar-refractivity contribution in [2.24, 2.45) is 0 Å². The number of aromatic nitrogens is 4. The first-order valence-electron chi connectivity index (χ1n) is 9.32. The van der Waals surface area contributed by atoms with Gasteiger partial charge in [-0.25, -0.2) is 23.8 Å². The number of hydrogen-bond donors (Lipinski definition) is 8. The molecule has 194 valence electrons. The number of rotatable bonds is 1. The molecule has 0 bridgehead atoms. The summed E-state index contributed by atoms with van der Waals surface area (Å²) < 4.78 is 55.1. The topological polar surface area (TPSA) is 300 Å². The van der Waals surface area contributed by atoms with Crippen LogP contribution in [0.15, 0.2) is 11.1 Å². The molecule has 4 heterocycles. The Morgan fingerprint density at radius 3 is 2.57 bits per heavy atom. The van der Waals surface area contributed by atoms with Crippen molar-refractivity contribution in [1.82, 2.24) is 29.9 Å². The first kappa shape index (κ1) is 26.0. The predicted octanol–water partition coefficient (Wildman–Crippen LogP) is -2.60. The molecule has 2 aliphatic heterocycles. The smallest absolute Gasteiger partial charge is 0.386 e. The number of imidazole rings is 1. The summed E-state index contributed by atoms with van der Waals surface area (Å²) in [6.07, 6.45) is -3.34. The third-order valence-electron chi connectivity index (χ3n) is 4.69. The number of carbonyl (C=O) groups is 1. The number of anilines is 1. The molecule has 0 spiro atoms. The van der Waals surface area contributed by atoms with E-state index in [0.29, 0.717) is 0 Å². The lowest BCUT2D eigenvalue weighted by Gasteiger charge is -2.22. The molecule has 2 aromatic rings. The average molecular weight is 561 g/mol. The van der Waals surface area contributed by atoms with E-state index in [9.17, 15) is 43.1 Å². The minimum atomic E-state index is -5.64. The number of ether oxygens (including phenoxy) is 1. The minimum absolute atomic E-state index is 0.103. The molecule has 2 fully saturated rings. The van der Waals surface area contributed by atoms with Gasteiger partial charge in [0.1, 0.15) is 12.2 Å². The fraction of sp³-hybridized carbons (Fsp3) is 0.500. The molecule has 0 saturated carbocycles. The van der Waals surface area contributed by atoms with E-state index in [4.69, 9.17) is 10.5 Å². The van der Waals surface area contributed by atoms with Gasteiger partial charge in [-0.1, -0.05) is 0 Å². The summed E-state index contributed by atoms with van der Waals surface area (Å²) in [5, 5.41) is 14.8. The number of aliphatic hydroxyl groups is 1. The van der Waals surface area contributed by atoms with Crippen LogP contribution in [0.3, 0.4) is 0 Å². The first-order valence-corrected chi connectivity index (χ1v) is 13.9. The highest BCUT2D eigenvalue weighted by atomic mass is 31.3. The number of aromatic amines is 1.